The normalized spacial score (nSPS) is 18.8. The van der Waals surface area contributed by atoms with Crippen molar-refractivity contribution in [2.75, 3.05) is 38.0 Å². The lowest BCUT2D eigenvalue weighted by Crippen LogP contribution is -2.51. The molecular formula is C32H40FN11O2. The van der Waals surface area contributed by atoms with Crippen molar-refractivity contribution in [2.45, 2.75) is 64.2 Å². The van der Waals surface area contributed by atoms with Crippen LogP contribution in [0.25, 0.3) is 10.9 Å². The Morgan fingerprint density at radius 3 is 2.80 bits per heavy atom. The van der Waals surface area contributed by atoms with Crippen molar-refractivity contribution in [3.8, 4) is 0 Å². The molecule has 3 aliphatic heterocycles. The number of piperidine rings is 2. The first kappa shape index (κ1) is 30.2. The van der Waals surface area contributed by atoms with Gasteiger partial charge in [0, 0.05) is 44.0 Å². The molecule has 0 saturated carbocycles. The minimum atomic E-state index is -0.415. The molecule has 1 unspecified atom stereocenters. The lowest BCUT2D eigenvalue weighted by atomic mass is 9.97. The summed E-state index contributed by atoms with van der Waals surface area (Å²) in [5.74, 6) is 0.617. The monoisotopic (exact) mass is 629 g/mol. The summed E-state index contributed by atoms with van der Waals surface area (Å²) in [5.41, 5.74) is 4.20. The molecule has 3 amide bonds. The number of H-pyrrole nitrogens is 1. The van der Waals surface area contributed by atoms with Gasteiger partial charge in [-0.3, -0.25) is 14.8 Å². The number of para-hydroxylation sites is 1. The predicted octanol–water partition coefficient (Wildman–Crippen LogP) is 2.91. The fourth-order valence-electron chi connectivity index (χ4n) is 7.17. The highest BCUT2D eigenvalue weighted by Gasteiger charge is 2.33. The highest BCUT2D eigenvalue weighted by atomic mass is 19.1. The Morgan fingerprint density at radius 1 is 1.15 bits per heavy atom. The van der Waals surface area contributed by atoms with Crippen LogP contribution in [-0.4, -0.2) is 90.9 Å². The molecule has 5 heterocycles. The van der Waals surface area contributed by atoms with E-state index in [0.29, 0.717) is 44.3 Å². The van der Waals surface area contributed by atoms with E-state index in [4.69, 9.17) is 0 Å². The van der Waals surface area contributed by atoms with Gasteiger partial charge >= 0.3 is 6.03 Å². The van der Waals surface area contributed by atoms with Crippen molar-refractivity contribution < 1.29 is 14.0 Å². The number of anilines is 1. The van der Waals surface area contributed by atoms with Crippen LogP contribution in [-0.2, 0) is 24.3 Å². The van der Waals surface area contributed by atoms with Crippen LogP contribution in [0, 0.1) is 18.7 Å². The Balaban J connectivity index is 1.02. The largest absolute Gasteiger partial charge is 0.345 e. The van der Waals surface area contributed by atoms with Gasteiger partial charge in [-0.1, -0.05) is 18.2 Å². The molecule has 2 aromatic carbocycles. The maximum atomic E-state index is 14.2. The number of hydrogen-bond acceptors (Lipinski definition) is 8. The second-order valence-electron chi connectivity index (χ2n) is 12.8. The lowest BCUT2D eigenvalue weighted by molar-refractivity contribution is -0.123. The van der Waals surface area contributed by atoms with Gasteiger partial charge in [-0.05, 0) is 90.9 Å². The average Bonchev–Trinajstić information content (AvgIpc) is 3.72. The van der Waals surface area contributed by atoms with E-state index in [1.54, 1.807) is 11.0 Å². The molecular weight excluding hydrogens is 589 g/mol. The number of likely N-dealkylation sites (tertiary alicyclic amines) is 1. The number of amides is 3. The SMILES string of the molecule is Cc1cc(CC(NC(=O)CN2CCC(N3Cc4cccc(F)c4NC3=O)CC2)c2nnnn2CC2CCNCC2)cc2cn[nH]c12. The van der Waals surface area contributed by atoms with E-state index in [-0.39, 0.29) is 30.2 Å². The van der Waals surface area contributed by atoms with Gasteiger partial charge in [0.1, 0.15) is 5.82 Å². The fourth-order valence-corrected chi connectivity index (χ4v) is 7.17. The third-order valence-electron chi connectivity index (χ3n) is 9.64. The number of aryl methyl sites for hydroxylation is 1. The number of carbonyl (C=O) groups excluding carboxylic acids is 2. The van der Waals surface area contributed by atoms with Crippen LogP contribution in [0.5, 0.6) is 0 Å². The third-order valence-corrected chi connectivity index (χ3v) is 9.64. The zero-order chi connectivity index (χ0) is 31.6. The number of hydrogen-bond donors (Lipinski definition) is 4. The second kappa shape index (κ2) is 13.1. The number of aromatic nitrogens is 6. The molecule has 0 bridgehead atoms. The second-order valence-corrected chi connectivity index (χ2v) is 12.8. The van der Waals surface area contributed by atoms with E-state index in [2.05, 4.69) is 58.7 Å². The number of nitrogens with zero attached hydrogens (tertiary/aromatic N) is 7. The summed E-state index contributed by atoms with van der Waals surface area (Å²) in [4.78, 5) is 30.3. The summed E-state index contributed by atoms with van der Waals surface area (Å²) in [6.45, 7) is 6.69. The first-order valence-corrected chi connectivity index (χ1v) is 16.2. The van der Waals surface area contributed by atoms with Crippen molar-refractivity contribution in [2.24, 2.45) is 5.92 Å². The Bertz CT molecular complexity index is 1710. The van der Waals surface area contributed by atoms with Crippen LogP contribution >= 0.6 is 0 Å². The maximum Gasteiger partial charge on any atom is 0.322 e. The highest BCUT2D eigenvalue weighted by Crippen LogP contribution is 2.30. The molecule has 0 aliphatic carbocycles. The van der Waals surface area contributed by atoms with Gasteiger partial charge in [-0.25, -0.2) is 13.9 Å². The number of carbonyl (C=O) groups is 2. The van der Waals surface area contributed by atoms with Crippen LogP contribution in [0.4, 0.5) is 14.9 Å². The standard InChI is InChI=1S/C32H40FN11O2/c1-20-13-22(14-24-16-35-38-29(20)24)15-27(31-39-40-41-44(31)17-21-5-9-34-10-6-21)36-28(45)19-42-11-7-25(8-12-42)43-18-23-3-2-4-26(33)30(23)37-32(43)46/h2-4,13-14,16,21,25,27,34H,5-12,15,17-19H2,1H3,(H,35,38)(H,36,45)(H,37,46). The molecule has 13 nitrogen and oxygen atoms in total. The van der Waals surface area contributed by atoms with Gasteiger partial charge in [0.05, 0.1) is 30.0 Å². The van der Waals surface area contributed by atoms with Crippen LogP contribution in [0.3, 0.4) is 0 Å². The van der Waals surface area contributed by atoms with E-state index in [1.165, 1.54) is 6.07 Å². The number of fused-ring (bicyclic) bond motifs is 2. The van der Waals surface area contributed by atoms with Crippen LogP contribution in [0.1, 0.15) is 54.2 Å². The van der Waals surface area contributed by atoms with Crippen molar-refractivity contribution in [3.05, 3.63) is 64.9 Å². The van der Waals surface area contributed by atoms with Crippen LogP contribution < -0.4 is 16.0 Å². The zero-order valence-electron chi connectivity index (χ0n) is 26.0. The van der Waals surface area contributed by atoms with Crippen molar-refractivity contribution in [1.82, 2.24) is 50.8 Å². The number of tetrazole rings is 1. The first-order valence-electron chi connectivity index (χ1n) is 16.2. The number of rotatable bonds is 9. The molecule has 7 rings (SSSR count). The highest BCUT2D eigenvalue weighted by molar-refractivity contribution is 5.92. The van der Waals surface area contributed by atoms with Crippen LogP contribution in [0.15, 0.2) is 36.5 Å². The van der Waals surface area contributed by atoms with E-state index >= 15 is 0 Å². The Kier molecular flexibility index (Phi) is 8.63. The molecule has 3 aliphatic rings. The molecule has 4 aromatic rings. The zero-order valence-corrected chi connectivity index (χ0v) is 26.0. The quantitative estimate of drug-likeness (QED) is 0.221. The summed E-state index contributed by atoms with van der Waals surface area (Å²) in [5, 5.41) is 30.4. The minimum absolute atomic E-state index is 0.0177. The van der Waals surface area contributed by atoms with Gasteiger partial charge in [0.25, 0.3) is 0 Å². The number of halogens is 1. The van der Waals surface area contributed by atoms with Gasteiger partial charge in [-0.15, -0.1) is 5.10 Å². The van der Waals surface area contributed by atoms with E-state index < -0.39 is 11.9 Å². The number of nitrogens with one attached hydrogen (secondary N) is 4. The number of benzene rings is 2. The van der Waals surface area contributed by atoms with Crippen molar-refractivity contribution in [1.29, 1.82) is 0 Å². The third kappa shape index (κ3) is 6.44. The summed E-state index contributed by atoms with van der Waals surface area (Å²) >= 11 is 0. The predicted molar refractivity (Wildman–Crippen MR) is 169 cm³/mol. The Hall–Kier alpha value is -4.43. The molecule has 1 atom stereocenters. The Labute approximate surface area is 266 Å². The van der Waals surface area contributed by atoms with Crippen LogP contribution in [0.2, 0.25) is 0 Å². The van der Waals surface area contributed by atoms with E-state index in [0.717, 1.165) is 66.4 Å². The van der Waals surface area contributed by atoms with Gasteiger partial charge in [0.15, 0.2) is 5.82 Å². The molecule has 2 aromatic heterocycles. The molecule has 0 radical (unpaired) electrons. The van der Waals surface area contributed by atoms with Crippen molar-refractivity contribution in [3.63, 3.8) is 0 Å². The first-order chi connectivity index (χ1) is 22.4. The van der Waals surface area contributed by atoms with E-state index in [1.807, 2.05) is 23.9 Å². The smallest absolute Gasteiger partial charge is 0.322 e. The molecule has 14 heteroatoms. The topological polar surface area (TPSA) is 149 Å². The molecule has 46 heavy (non-hydrogen) atoms. The average molecular weight is 630 g/mol. The van der Waals surface area contributed by atoms with Gasteiger partial charge in [0.2, 0.25) is 5.91 Å². The molecule has 2 saturated heterocycles. The molecule has 0 spiro atoms. The maximum absolute atomic E-state index is 14.2. The van der Waals surface area contributed by atoms with Crippen molar-refractivity contribution >= 4 is 28.5 Å². The molecule has 2 fully saturated rings. The Morgan fingerprint density at radius 2 is 1.98 bits per heavy atom. The summed E-state index contributed by atoms with van der Waals surface area (Å²) in [7, 11) is 0. The number of urea groups is 1. The molecule has 242 valence electrons. The summed E-state index contributed by atoms with van der Waals surface area (Å²) in [6.07, 6.45) is 5.93. The summed E-state index contributed by atoms with van der Waals surface area (Å²) in [6, 6.07) is 8.42. The fraction of sp³-hybridized carbons (Fsp3) is 0.500. The lowest BCUT2D eigenvalue weighted by Gasteiger charge is -2.40. The van der Waals surface area contributed by atoms with Gasteiger partial charge in [-0.2, -0.15) is 5.10 Å². The van der Waals surface area contributed by atoms with E-state index in [9.17, 15) is 14.0 Å². The summed E-state index contributed by atoms with van der Waals surface area (Å²) < 4.78 is 16.1. The molecule has 4 N–H and O–H groups in total. The van der Waals surface area contributed by atoms with Gasteiger partial charge < -0.3 is 20.9 Å². The minimum Gasteiger partial charge on any atom is -0.345 e. The number of aromatic amines is 1.